The van der Waals surface area contributed by atoms with Gasteiger partial charge >= 0.3 is 0 Å². The molecule has 0 aliphatic carbocycles. The minimum atomic E-state index is -3.20. The lowest BCUT2D eigenvalue weighted by Gasteiger charge is -2.06. The molecule has 0 bridgehead atoms. The molecule has 21 heavy (non-hydrogen) atoms. The van der Waals surface area contributed by atoms with Crippen LogP contribution >= 0.6 is 22.9 Å². The molecule has 4 nitrogen and oxygen atoms in total. The van der Waals surface area contributed by atoms with Crippen LogP contribution in [0.25, 0.3) is 0 Å². The first-order chi connectivity index (χ1) is 9.99. The second-order valence-corrected chi connectivity index (χ2v) is 7.79. The Morgan fingerprint density at radius 2 is 2.19 bits per heavy atom. The van der Waals surface area contributed by atoms with Gasteiger partial charge in [-0.05, 0) is 24.6 Å². The Kier molecular flexibility index (Phi) is 5.61. The lowest BCUT2D eigenvalue weighted by atomic mass is 10.3. The van der Waals surface area contributed by atoms with Crippen LogP contribution in [0.2, 0.25) is 0 Å². The van der Waals surface area contributed by atoms with Gasteiger partial charge in [-0.25, -0.2) is 13.4 Å². The molecule has 1 aromatic heterocycles. The van der Waals surface area contributed by atoms with Gasteiger partial charge in [0.1, 0.15) is 5.75 Å². The van der Waals surface area contributed by atoms with Crippen LogP contribution in [0.1, 0.15) is 17.1 Å². The van der Waals surface area contributed by atoms with Gasteiger partial charge in [-0.1, -0.05) is 6.07 Å². The van der Waals surface area contributed by atoms with Crippen LogP contribution in [0.5, 0.6) is 5.75 Å². The standard InChI is InChI=1S/C14H16ClNO3S2/c1-21(17,18)13-5-2-4-12(8-13)19-7-3-6-14-16-11(9-15)10-20-14/h2,4-5,8,10H,3,6-7,9H2,1H3. The number of hydrogen-bond acceptors (Lipinski definition) is 5. The molecule has 2 aromatic rings. The van der Waals surface area contributed by atoms with E-state index in [0.29, 0.717) is 18.2 Å². The van der Waals surface area contributed by atoms with E-state index in [2.05, 4.69) is 4.98 Å². The molecule has 0 spiro atoms. The molecule has 0 unspecified atom stereocenters. The fraction of sp³-hybridized carbons (Fsp3) is 0.357. The van der Waals surface area contributed by atoms with E-state index >= 15 is 0 Å². The third-order valence-electron chi connectivity index (χ3n) is 2.77. The largest absolute Gasteiger partial charge is 0.494 e. The van der Waals surface area contributed by atoms with Crippen molar-refractivity contribution in [1.29, 1.82) is 0 Å². The van der Waals surface area contributed by atoms with Crippen LogP contribution in [-0.4, -0.2) is 26.3 Å². The second-order valence-electron chi connectivity index (χ2n) is 4.57. The van der Waals surface area contributed by atoms with Crippen molar-refractivity contribution in [3.8, 4) is 5.75 Å². The summed E-state index contributed by atoms with van der Waals surface area (Å²) >= 11 is 7.30. The van der Waals surface area contributed by atoms with Crippen molar-refractivity contribution in [1.82, 2.24) is 4.98 Å². The molecule has 0 N–H and O–H groups in total. The van der Waals surface area contributed by atoms with Crippen molar-refractivity contribution in [2.45, 2.75) is 23.6 Å². The van der Waals surface area contributed by atoms with Crippen molar-refractivity contribution in [3.63, 3.8) is 0 Å². The normalized spacial score (nSPS) is 11.5. The molecular weight excluding hydrogens is 330 g/mol. The van der Waals surface area contributed by atoms with Crippen molar-refractivity contribution >= 4 is 32.8 Å². The number of aromatic nitrogens is 1. The third kappa shape index (κ3) is 4.98. The molecule has 0 amide bonds. The summed E-state index contributed by atoms with van der Waals surface area (Å²) in [7, 11) is -3.20. The minimum absolute atomic E-state index is 0.270. The van der Waals surface area contributed by atoms with Gasteiger partial charge < -0.3 is 4.74 Å². The number of halogens is 1. The van der Waals surface area contributed by atoms with Crippen molar-refractivity contribution in [2.75, 3.05) is 12.9 Å². The number of benzene rings is 1. The maximum atomic E-state index is 11.5. The first-order valence-electron chi connectivity index (χ1n) is 6.41. The summed E-state index contributed by atoms with van der Waals surface area (Å²) in [6.45, 7) is 0.517. The Labute approximate surface area is 133 Å². The SMILES string of the molecule is CS(=O)(=O)c1cccc(OCCCc2nc(CCl)cs2)c1. The molecule has 0 saturated carbocycles. The van der Waals surface area contributed by atoms with Gasteiger partial charge in [-0.3, -0.25) is 0 Å². The van der Waals surface area contributed by atoms with E-state index in [4.69, 9.17) is 16.3 Å². The van der Waals surface area contributed by atoms with Crippen LogP contribution in [0.3, 0.4) is 0 Å². The zero-order valence-electron chi connectivity index (χ0n) is 11.6. The Bertz CT molecular complexity index is 698. The second kappa shape index (κ2) is 7.24. The van der Waals surface area contributed by atoms with E-state index in [1.54, 1.807) is 35.6 Å². The smallest absolute Gasteiger partial charge is 0.175 e. The highest BCUT2D eigenvalue weighted by molar-refractivity contribution is 7.90. The molecular formula is C14H16ClNO3S2. The molecule has 114 valence electrons. The maximum absolute atomic E-state index is 11.5. The van der Waals surface area contributed by atoms with Crippen molar-refractivity contribution in [2.24, 2.45) is 0 Å². The first kappa shape index (κ1) is 16.3. The molecule has 0 radical (unpaired) electrons. The van der Waals surface area contributed by atoms with Crippen LogP contribution in [0.15, 0.2) is 34.5 Å². The zero-order valence-corrected chi connectivity index (χ0v) is 14.0. The molecule has 0 fully saturated rings. The lowest BCUT2D eigenvalue weighted by molar-refractivity contribution is 0.310. The number of hydrogen-bond donors (Lipinski definition) is 0. The highest BCUT2D eigenvalue weighted by Gasteiger charge is 2.08. The van der Waals surface area contributed by atoms with Crippen LogP contribution in [0, 0.1) is 0 Å². The number of thiazole rings is 1. The molecule has 0 atom stereocenters. The van der Waals surface area contributed by atoms with E-state index in [9.17, 15) is 8.42 Å². The average Bonchev–Trinajstić information content (AvgIpc) is 2.91. The highest BCUT2D eigenvalue weighted by Crippen LogP contribution is 2.18. The number of nitrogens with zero attached hydrogens (tertiary/aromatic N) is 1. The Hall–Kier alpha value is -1.11. The van der Waals surface area contributed by atoms with Gasteiger partial charge in [0, 0.05) is 18.1 Å². The maximum Gasteiger partial charge on any atom is 0.175 e. The van der Waals surface area contributed by atoms with Crippen molar-refractivity contribution in [3.05, 3.63) is 40.3 Å². The summed E-state index contributed by atoms with van der Waals surface area (Å²) in [6.07, 6.45) is 2.83. The number of ether oxygens (including phenoxy) is 1. The van der Waals surface area contributed by atoms with Crippen LogP contribution in [-0.2, 0) is 22.1 Å². The summed E-state index contributed by atoms with van der Waals surface area (Å²) in [5.41, 5.74) is 0.901. The van der Waals surface area contributed by atoms with Gasteiger partial charge in [0.05, 0.1) is 28.1 Å². The first-order valence-corrected chi connectivity index (χ1v) is 9.72. The quantitative estimate of drug-likeness (QED) is 0.570. The van der Waals surface area contributed by atoms with Gasteiger partial charge in [-0.15, -0.1) is 22.9 Å². The molecule has 2 rings (SSSR count). The van der Waals surface area contributed by atoms with Crippen molar-refractivity contribution < 1.29 is 13.2 Å². The summed E-state index contributed by atoms with van der Waals surface area (Å²) in [4.78, 5) is 4.64. The summed E-state index contributed by atoms with van der Waals surface area (Å²) in [6, 6.07) is 6.54. The summed E-state index contributed by atoms with van der Waals surface area (Å²) < 4.78 is 28.5. The van der Waals surface area contributed by atoms with E-state index in [1.165, 1.54) is 6.26 Å². The third-order valence-corrected chi connectivity index (χ3v) is 5.12. The van der Waals surface area contributed by atoms with Gasteiger partial charge in [-0.2, -0.15) is 0 Å². The van der Waals surface area contributed by atoms with Crippen LogP contribution in [0.4, 0.5) is 0 Å². The molecule has 7 heteroatoms. The van der Waals surface area contributed by atoms with E-state index in [-0.39, 0.29) is 4.90 Å². The lowest BCUT2D eigenvalue weighted by Crippen LogP contribution is -2.01. The molecule has 0 aliphatic rings. The van der Waals surface area contributed by atoms with E-state index < -0.39 is 9.84 Å². The zero-order chi connectivity index (χ0) is 15.3. The highest BCUT2D eigenvalue weighted by atomic mass is 35.5. The average molecular weight is 346 g/mol. The Morgan fingerprint density at radius 1 is 1.38 bits per heavy atom. The molecule has 1 heterocycles. The topological polar surface area (TPSA) is 56.3 Å². The number of aryl methyl sites for hydroxylation is 1. The summed E-state index contributed by atoms with van der Waals surface area (Å²) in [5, 5.41) is 3.00. The Balaban J connectivity index is 1.83. The number of alkyl halides is 1. The monoisotopic (exact) mass is 345 g/mol. The minimum Gasteiger partial charge on any atom is -0.494 e. The van der Waals surface area contributed by atoms with Crippen LogP contribution < -0.4 is 4.74 Å². The van der Waals surface area contributed by atoms with Gasteiger partial charge in [0.2, 0.25) is 0 Å². The van der Waals surface area contributed by atoms with Gasteiger partial charge in [0.25, 0.3) is 0 Å². The fourth-order valence-corrected chi connectivity index (χ4v) is 3.46. The Morgan fingerprint density at radius 3 is 2.86 bits per heavy atom. The fourth-order valence-electron chi connectivity index (χ4n) is 1.73. The predicted molar refractivity (Wildman–Crippen MR) is 85.0 cm³/mol. The molecule has 0 saturated heterocycles. The predicted octanol–water partition coefficient (Wildman–Crippen LogP) is 3.30. The number of sulfone groups is 1. The van der Waals surface area contributed by atoms with Gasteiger partial charge in [0.15, 0.2) is 9.84 Å². The molecule has 0 aliphatic heterocycles. The number of rotatable bonds is 7. The molecule has 1 aromatic carbocycles. The van der Waals surface area contributed by atoms with E-state index in [1.807, 2.05) is 5.38 Å². The summed E-state index contributed by atoms with van der Waals surface area (Å²) in [5.74, 6) is 1.00. The van der Waals surface area contributed by atoms with E-state index in [0.717, 1.165) is 23.5 Å².